The van der Waals surface area contributed by atoms with Gasteiger partial charge in [-0.1, -0.05) is 19.1 Å². The summed E-state index contributed by atoms with van der Waals surface area (Å²) < 4.78 is 17.5. The van der Waals surface area contributed by atoms with Gasteiger partial charge in [0.1, 0.15) is 11.9 Å². The zero-order valence-corrected chi connectivity index (χ0v) is 19.4. The molecular weight excluding hydrogens is 469 g/mol. The van der Waals surface area contributed by atoms with Gasteiger partial charge in [0.25, 0.3) is 0 Å². The van der Waals surface area contributed by atoms with Crippen LogP contribution in [-0.4, -0.2) is 69.6 Å². The Balaban J connectivity index is 0.00000280. The molecule has 1 N–H and O–H groups in total. The van der Waals surface area contributed by atoms with Crippen LogP contribution in [0.4, 0.5) is 0 Å². The SMILES string of the molecule is CCCOc1cccc(CCNC(=NC)N2CCOC(C3CCCO3)C2)c1.I. The fourth-order valence-corrected chi connectivity index (χ4v) is 3.65. The third kappa shape index (κ3) is 6.77. The summed E-state index contributed by atoms with van der Waals surface area (Å²) in [4.78, 5) is 6.76. The Morgan fingerprint density at radius 2 is 2.14 bits per heavy atom. The quantitative estimate of drug-likeness (QED) is 0.352. The van der Waals surface area contributed by atoms with Crippen molar-refractivity contribution in [2.45, 2.75) is 44.8 Å². The molecular formula is C21H34IN3O3. The second-order valence-electron chi connectivity index (χ2n) is 7.13. The van der Waals surface area contributed by atoms with Crippen molar-refractivity contribution in [1.29, 1.82) is 0 Å². The highest BCUT2D eigenvalue weighted by Gasteiger charge is 2.32. The summed E-state index contributed by atoms with van der Waals surface area (Å²) in [5.41, 5.74) is 1.27. The number of rotatable bonds is 7. The fourth-order valence-electron chi connectivity index (χ4n) is 3.65. The fraction of sp³-hybridized carbons (Fsp3) is 0.667. The molecule has 0 aliphatic carbocycles. The van der Waals surface area contributed by atoms with Gasteiger partial charge in [-0.3, -0.25) is 4.99 Å². The molecule has 158 valence electrons. The maximum Gasteiger partial charge on any atom is 0.193 e. The van der Waals surface area contributed by atoms with Crippen LogP contribution >= 0.6 is 24.0 Å². The molecule has 2 unspecified atom stereocenters. The predicted molar refractivity (Wildman–Crippen MR) is 123 cm³/mol. The van der Waals surface area contributed by atoms with E-state index in [0.29, 0.717) is 0 Å². The van der Waals surface area contributed by atoms with Gasteiger partial charge in [-0.2, -0.15) is 0 Å². The van der Waals surface area contributed by atoms with Crippen LogP contribution in [-0.2, 0) is 15.9 Å². The van der Waals surface area contributed by atoms with Crippen LogP contribution in [0.1, 0.15) is 31.7 Å². The highest BCUT2D eigenvalue weighted by molar-refractivity contribution is 14.0. The first kappa shape index (κ1) is 23.2. The predicted octanol–water partition coefficient (Wildman–Crippen LogP) is 3.09. The Morgan fingerprint density at radius 1 is 1.29 bits per heavy atom. The maximum atomic E-state index is 5.94. The van der Waals surface area contributed by atoms with Crippen LogP contribution in [0.25, 0.3) is 0 Å². The van der Waals surface area contributed by atoms with Gasteiger partial charge in [-0.15, -0.1) is 24.0 Å². The number of morpholine rings is 1. The van der Waals surface area contributed by atoms with E-state index in [1.165, 1.54) is 5.56 Å². The lowest BCUT2D eigenvalue weighted by Gasteiger charge is -2.37. The van der Waals surface area contributed by atoms with Gasteiger partial charge in [0.05, 0.1) is 19.3 Å². The molecule has 2 aliphatic heterocycles. The standard InChI is InChI=1S/C21H33N3O3.HI/c1-3-12-25-18-7-4-6-17(15-18)9-10-23-21(22-2)24-11-14-27-20(16-24)19-8-5-13-26-19;/h4,6-7,15,19-20H,3,5,8-14,16H2,1-2H3,(H,22,23);1H. The molecule has 0 spiro atoms. The zero-order chi connectivity index (χ0) is 18.9. The van der Waals surface area contributed by atoms with Gasteiger partial charge < -0.3 is 24.4 Å². The van der Waals surface area contributed by atoms with Crippen molar-refractivity contribution in [2.24, 2.45) is 4.99 Å². The highest BCUT2D eigenvalue weighted by Crippen LogP contribution is 2.21. The smallest absolute Gasteiger partial charge is 0.193 e. The molecule has 2 atom stereocenters. The average Bonchev–Trinajstić information content (AvgIpc) is 3.25. The first-order valence-corrected chi connectivity index (χ1v) is 10.2. The summed E-state index contributed by atoms with van der Waals surface area (Å²) in [6.07, 6.45) is 4.57. The molecule has 0 aromatic heterocycles. The molecule has 7 heteroatoms. The van der Waals surface area contributed by atoms with E-state index in [0.717, 1.165) is 76.8 Å². The van der Waals surface area contributed by atoms with Crippen molar-refractivity contribution < 1.29 is 14.2 Å². The number of halogens is 1. The Labute approximate surface area is 186 Å². The number of hydrogen-bond acceptors (Lipinski definition) is 4. The molecule has 6 nitrogen and oxygen atoms in total. The zero-order valence-electron chi connectivity index (χ0n) is 17.1. The van der Waals surface area contributed by atoms with E-state index in [9.17, 15) is 0 Å². The maximum absolute atomic E-state index is 5.94. The number of nitrogens with zero attached hydrogens (tertiary/aromatic N) is 2. The summed E-state index contributed by atoms with van der Waals surface area (Å²) in [5.74, 6) is 1.89. The normalized spacial score (nSPS) is 22.6. The molecule has 1 aromatic carbocycles. The van der Waals surface area contributed by atoms with E-state index in [2.05, 4.69) is 40.3 Å². The van der Waals surface area contributed by atoms with Crippen LogP contribution < -0.4 is 10.1 Å². The Kier molecular flexibility index (Phi) is 10.4. The van der Waals surface area contributed by atoms with Crippen molar-refractivity contribution in [3.63, 3.8) is 0 Å². The third-order valence-electron chi connectivity index (χ3n) is 5.05. The molecule has 0 bridgehead atoms. The summed E-state index contributed by atoms with van der Waals surface area (Å²) in [5, 5.41) is 3.50. The van der Waals surface area contributed by atoms with E-state index >= 15 is 0 Å². The van der Waals surface area contributed by atoms with Crippen LogP contribution in [0.5, 0.6) is 5.75 Å². The lowest BCUT2D eigenvalue weighted by molar-refractivity contribution is -0.0816. The van der Waals surface area contributed by atoms with E-state index in [4.69, 9.17) is 14.2 Å². The second-order valence-corrected chi connectivity index (χ2v) is 7.13. The third-order valence-corrected chi connectivity index (χ3v) is 5.05. The molecule has 0 radical (unpaired) electrons. The summed E-state index contributed by atoms with van der Waals surface area (Å²) in [6, 6.07) is 8.35. The number of aliphatic imine (C=N–C) groups is 1. The summed E-state index contributed by atoms with van der Waals surface area (Å²) in [7, 11) is 1.85. The van der Waals surface area contributed by atoms with Gasteiger partial charge in [-0.05, 0) is 43.4 Å². The Bertz CT molecular complexity index is 608. The lowest BCUT2D eigenvalue weighted by atomic mass is 10.1. The van der Waals surface area contributed by atoms with Gasteiger partial charge in [0.2, 0.25) is 0 Å². The molecule has 2 aliphatic rings. The van der Waals surface area contributed by atoms with Crippen LogP contribution in [0.3, 0.4) is 0 Å². The van der Waals surface area contributed by atoms with Crippen molar-refractivity contribution >= 4 is 29.9 Å². The van der Waals surface area contributed by atoms with Crippen molar-refractivity contribution in [2.75, 3.05) is 46.5 Å². The highest BCUT2D eigenvalue weighted by atomic mass is 127. The monoisotopic (exact) mass is 503 g/mol. The van der Waals surface area contributed by atoms with Crippen molar-refractivity contribution in [1.82, 2.24) is 10.2 Å². The van der Waals surface area contributed by atoms with E-state index < -0.39 is 0 Å². The van der Waals surface area contributed by atoms with Gasteiger partial charge >= 0.3 is 0 Å². The minimum absolute atomic E-state index is 0. The van der Waals surface area contributed by atoms with Crippen molar-refractivity contribution in [3.05, 3.63) is 29.8 Å². The molecule has 2 heterocycles. The number of benzene rings is 1. The van der Waals surface area contributed by atoms with E-state index in [1.807, 2.05) is 13.1 Å². The molecule has 1 aromatic rings. The first-order chi connectivity index (χ1) is 13.3. The second kappa shape index (κ2) is 12.5. The average molecular weight is 503 g/mol. The van der Waals surface area contributed by atoms with Crippen molar-refractivity contribution in [3.8, 4) is 5.75 Å². The van der Waals surface area contributed by atoms with Crippen LogP contribution in [0.15, 0.2) is 29.3 Å². The molecule has 2 saturated heterocycles. The summed E-state index contributed by atoms with van der Waals surface area (Å²) in [6.45, 7) is 7.01. The van der Waals surface area contributed by atoms with Gasteiger partial charge in [0, 0.05) is 33.3 Å². The molecule has 2 fully saturated rings. The van der Waals surface area contributed by atoms with E-state index in [1.54, 1.807) is 0 Å². The lowest BCUT2D eigenvalue weighted by Crippen LogP contribution is -2.53. The van der Waals surface area contributed by atoms with E-state index in [-0.39, 0.29) is 36.2 Å². The van der Waals surface area contributed by atoms with Crippen LogP contribution in [0.2, 0.25) is 0 Å². The Hall–Kier alpha value is -1.06. The molecule has 28 heavy (non-hydrogen) atoms. The van der Waals surface area contributed by atoms with Gasteiger partial charge in [-0.25, -0.2) is 0 Å². The molecule has 3 rings (SSSR count). The van der Waals surface area contributed by atoms with Gasteiger partial charge in [0.15, 0.2) is 5.96 Å². The molecule has 0 saturated carbocycles. The number of ether oxygens (including phenoxy) is 3. The number of guanidine groups is 1. The minimum atomic E-state index is 0. The minimum Gasteiger partial charge on any atom is -0.494 e. The largest absolute Gasteiger partial charge is 0.494 e. The molecule has 0 amide bonds. The number of hydrogen-bond donors (Lipinski definition) is 1. The van der Waals surface area contributed by atoms with Crippen LogP contribution in [0, 0.1) is 0 Å². The summed E-state index contributed by atoms with van der Waals surface area (Å²) >= 11 is 0. The Morgan fingerprint density at radius 3 is 2.89 bits per heavy atom. The number of nitrogens with one attached hydrogen (secondary N) is 1. The first-order valence-electron chi connectivity index (χ1n) is 10.2. The topological polar surface area (TPSA) is 55.3 Å².